The van der Waals surface area contributed by atoms with Crippen molar-refractivity contribution >= 4 is 29.1 Å². The van der Waals surface area contributed by atoms with E-state index in [0.717, 1.165) is 29.2 Å². The summed E-state index contributed by atoms with van der Waals surface area (Å²) >= 11 is 7.61. The number of hydrogen-bond donors (Lipinski definition) is 0. The Morgan fingerprint density at radius 1 is 1.10 bits per heavy atom. The average Bonchev–Trinajstić information content (AvgIpc) is 2.49. The molecule has 1 aliphatic rings. The van der Waals surface area contributed by atoms with E-state index in [9.17, 15) is 4.79 Å². The molecule has 1 nitrogen and oxygen atoms in total. The maximum atomic E-state index is 12.5. The summed E-state index contributed by atoms with van der Waals surface area (Å²) in [6.07, 6.45) is 1.96. The first-order valence-electron chi connectivity index (χ1n) is 6.74. The summed E-state index contributed by atoms with van der Waals surface area (Å²) in [6.45, 7) is 0. The number of rotatable bonds is 3. The van der Waals surface area contributed by atoms with Gasteiger partial charge in [0.05, 0.1) is 0 Å². The summed E-state index contributed by atoms with van der Waals surface area (Å²) in [5.41, 5.74) is 2.12. The molecule has 0 unspecified atom stereocenters. The zero-order valence-electron chi connectivity index (χ0n) is 11.0. The second-order valence-electron chi connectivity index (χ2n) is 5.02. The number of carbonyl (C=O) groups is 1. The molecule has 0 N–H and O–H groups in total. The number of carbonyl (C=O) groups excluding carboxylic acids is 1. The fourth-order valence-corrected chi connectivity index (χ4v) is 3.71. The Morgan fingerprint density at radius 3 is 2.65 bits per heavy atom. The van der Waals surface area contributed by atoms with E-state index in [1.165, 1.54) is 10.5 Å². The zero-order valence-corrected chi connectivity index (χ0v) is 12.6. The van der Waals surface area contributed by atoms with Crippen LogP contribution in [0.4, 0.5) is 0 Å². The maximum absolute atomic E-state index is 12.5. The number of Topliss-reactive ketones (excluding diaryl/α,β-unsaturated/α-hetero) is 1. The Morgan fingerprint density at radius 2 is 1.85 bits per heavy atom. The Hall–Kier alpha value is -1.25. The van der Waals surface area contributed by atoms with Gasteiger partial charge < -0.3 is 0 Å². The van der Waals surface area contributed by atoms with E-state index in [1.54, 1.807) is 11.8 Å². The molecule has 2 aromatic carbocycles. The lowest BCUT2D eigenvalue weighted by atomic mass is 9.84. The van der Waals surface area contributed by atoms with Crippen molar-refractivity contribution in [2.45, 2.75) is 17.7 Å². The highest BCUT2D eigenvalue weighted by Gasteiger charge is 2.26. The molecule has 1 aliphatic carbocycles. The minimum Gasteiger partial charge on any atom is -0.294 e. The predicted molar refractivity (Wildman–Crippen MR) is 84.8 cm³/mol. The lowest BCUT2D eigenvalue weighted by molar-refractivity contribution is 0.0917. The molecule has 2 aromatic rings. The molecule has 102 valence electrons. The van der Waals surface area contributed by atoms with Crippen LogP contribution in [0.3, 0.4) is 0 Å². The van der Waals surface area contributed by atoms with Gasteiger partial charge in [0.25, 0.3) is 0 Å². The summed E-state index contributed by atoms with van der Waals surface area (Å²) in [5.74, 6) is 1.27. The van der Waals surface area contributed by atoms with Crippen LogP contribution in [0, 0.1) is 5.92 Å². The van der Waals surface area contributed by atoms with E-state index in [2.05, 4.69) is 6.07 Å². The molecule has 20 heavy (non-hydrogen) atoms. The lowest BCUT2D eigenvalue weighted by Crippen LogP contribution is -2.24. The van der Waals surface area contributed by atoms with E-state index in [-0.39, 0.29) is 5.92 Å². The monoisotopic (exact) mass is 302 g/mol. The Labute approximate surface area is 128 Å². The molecule has 0 amide bonds. The fourth-order valence-electron chi connectivity index (χ4n) is 2.55. The van der Waals surface area contributed by atoms with Crippen molar-refractivity contribution in [3.05, 3.63) is 64.7 Å². The highest BCUT2D eigenvalue weighted by atomic mass is 35.5. The van der Waals surface area contributed by atoms with E-state index in [4.69, 9.17) is 11.6 Å². The average molecular weight is 303 g/mol. The van der Waals surface area contributed by atoms with E-state index >= 15 is 0 Å². The van der Waals surface area contributed by atoms with Crippen LogP contribution in [-0.4, -0.2) is 11.5 Å². The van der Waals surface area contributed by atoms with Gasteiger partial charge in [-0.3, -0.25) is 4.79 Å². The fraction of sp³-hybridized carbons (Fsp3) is 0.235. The molecule has 0 fully saturated rings. The largest absolute Gasteiger partial charge is 0.294 e. The molecule has 0 bridgehead atoms. The number of hydrogen-bond acceptors (Lipinski definition) is 2. The highest BCUT2D eigenvalue weighted by molar-refractivity contribution is 7.99. The summed E-state index contributed by atoms with van der Waals surface area (Å²) < 4.78 is 0. The second kappa shape index (κ2) is 6.02. The minimum atomic E-state index is 0.130. The van der Waals surface area contributed by atoms with Gasteiger partial charge in [-0.15, -0.1) is 11.8 Å². The molecule has 0 aliphatic heterocycles. The molecule has 0 aromatic heterocycles. The summed E-state index contributed by atoms with van der Waals surface area (Å²) in [4.78, 5) is 13.6. The van der Waals surface area contributed by atoms with Crippen molar-refractivity contribution in [3.8, 4) is 0 Å². The first-order chi connectivity index (χ1) is 9.74. The van der Waals surface area contributed by atoms with Gasteiger partial charge in [0.2, 0.25) is 0 Å². The molecular formula is C17H15ClOS. The van der Waals surface area contributed by atoms with Gasteiger partial charge in [-0.25, -0.2) is 0 Å². The molecule has 0 saturated heterocycles. The van der Waals surface area contributed by atoms with Crippen LogP contribution in [0.5, 0.6) is 0 Å². The van der Waals surface area contributed by atoms with Crippen molar-refractivity contribution in [2.24, 2.45) is 5.92 Å². The van der Waals surface area contributed by atoms with Gasteiger partial charge in [0, 0.05) is 27.2 Å². The summed E-state index contributed by atoms with van der Waals surface area (Å²) in [6, 6.07) is 15.8. The van der Waals surface area contributed by atoms with Gasteiger partial charge in [0.1, 0.15) is 0 Å². The molecule has 3 rings (SSSR count). The van der Waals surface area contributed by atoms with Crippen molar-refractivity contribution in [1.82, 2.24) is 0 Å². The molecule has 0 saturated carbocycles. The van der Waals surface area contributed by atoms with Crippen molar-refractivity contribution < 1.29 is 4.79 Å². The van der Waals surface area contributed by atoms with Gasteiger partial charge in [0.15, 0.2) is 5.78 Å². The summed E-state index contributed by atoms with van der Waals surface area (Å²) in [5, 5.41) is 0.747. The van der Waals surface area contributed by atoms with Crippen LogP contribution < -0.4 is 0 Å². The Balaban J connectivity index is 1.68. The van der Waals surface area contributed by atoms with Crippen LogP contribution in [0.15, 0.2) is 53.4 Å². The second-order valence-corrected chi connectivity index (χ2v) is 6.55. The first kappa shape index (κ1) is 13.7. The number of thioether (sulfide) groups is 1. The topological polar surface area (TPSA) is 17.1 Å². The van der Waals surface area contributed by atoms with E-state index in [1.807, 2.05) is 42.5 Å². The van der Waals surface area contributed by atoms with Crippen molar-refractivity contribution in [2.75, 3.05) is 5.75 Å². The zero-order chi connectivity index (χ0) is 13.9. The van der Waals surface area contributed by atoms with E-state index in [0.29, 0.717) is 5.78 Å². The van der Waals surface area contributed by atoms with Crippen molar-refractivity contribution in [3.63, 3.8) is 0 Å². The van der Waals surface area contributed by atoms with Crippen LogP contribution in [0.1, 0.15) is 22.3 Å². The third-order valence-electron chi connectivity index (χ3n) is 3.68. The molecule has 3 heteroatoms. The minimum absolute atomic E-state index is 0.130. The van der Waals surface area contributed by atoms with Gasteiger partial charge in [-0.05, 0) is 42.7 Å². The Bertz CT molecular complexity index is 621. The molecule has 0 radical (unpaired) electrons. The predicted octanol–water partition coefficient (Wildman–Crippen LogP) is 4.88. The van der Waals surface area contributed by atoms with Crippen LogP contribution in [0.25, 0.3) is 0 Å². The molecular weight excluding hydrogens is 288 g/mol. The van der Waals surface area contributed by atoms with Gasteiger partial charge in [-0.1, -0.05) is 35.9 Å². The molecule has 1 atom stereocenters. The number of fused-ring (bicyclic) bond motifs is 1. The number of ketones is 1. The SMILES string of the molecule is O=C1c2ccccc2CC[C@@H]1CSc1ccc(Cl)cc1. The van der Waals surface area contributed by atoms with Crippen LogP contribution in [-0.2, 0) is 6.42 Å². The number of aryl methyl sites for hydroxylation is 1. The van der Waals surface area contributed by atoms with Gasteiger partial charge in [-0.2, -0.15) is 0 Å². The van der Waals surface area contributed by atoms with E-state index < -0.39 is 0 Å². The standard InChI is InChI=1S/C17H15ClOS/c18-14-7-9-15(10-8-14)20-11-13-6-5-12-3-1-2-4-16(12)17(13)19/h1-4,7-10,13H,5-6,11H2/t13-/m1/s1. The first-order valence-corrected chi connectivity index (χ1v) is 8.11. The third kappa shape index (κ3) is 2.92. The lowest BCUT2D eigenvalue weighted by Gasteiger charge is -2.22. The molecule has 0 spiro atoms. The number of halogens is 1. The quantitative estimate of drug-likeness (QED) is 0.752. The normalized spacial score (nSPS) is 17.9. The highest BCUT2D eigenvalue weighted by Crippen LogP contribution is 2.30. The van der Waals surface area contributed by atoms with Crippen molar-refractivity contribution in [1.29, 1.82) is 0 Å². The molecule has 0 heterocycles. The van der Waals surface area contributed by atoms with Gasteiger partial charge >= 0.3 is 0 Å². The summed E-state index contributed by atoms with van der Waals surface area (Å²) in [7, 11) is 0. The maximum Gasteiger partial charge on any atom is 0.167 e. The van der Waals surface area contributed by atoms with Crippen LogP contribution in [0.2, 0.25) is 5.02 Å². The van der Waals surface area contributed by atoms with Crippen LogP contribution >= 0.6 is 23.4 Å². The third-order valence-corrected chi connectivity index (χ3v) is 5.11. The smallest absolute Gasteiger partial charge is 0.167 e. The Kier molecular flexibility index (Phi) is 4.13. The number of benzene rings is 2.